The molecule has 0 bridgehead atoms. The van der Waals surface area contributed by atoms with Crippen LogP contribution in [0.3, 0.4) is 0 Å². The topological polar surface area (TPSA) is 87.1 Å². The monoisotopic (exact) mass is 252 g/mol. The molecule has 0 saturated carbocycles. The standard InChI is InChI=1S/C10H8N2O4S/c1-2-17(14,15)10-9(12(13)16-11-10)8-6-4-3-5-7-8/h2-7H,1H2. The molecular weight excluding hydrogens is 244 g/mol. The molecule has 0 aliphatic heterocycles. The van der Waals surface area contributed by atoms with Crippen LogP contribution in [-0.2, 0) is 9.84 Å². The summed E-state index contributed by atoms with van der Waals surface area (Å²) in [6.07, 6.45) is 0. The van der Waals surface area contributed by atoms with Gasteiger partial charge in [-0.1, -0.05) is 36.9 Å². The zero-order chi connectivity index (χ0) is 12.5. The third kappa shape index (κ3) is 1.92. The zero-order valence-electron chi connectivity index (χ0n) is 8.61. The van der Waals surface area contributed by atoms with Gasteiger partial charge in [-0.3, -0.25) is 4.63 Å². The summed E-state index contributed by atoms with van der Waals surface area (Å²) < 4.78 is 27.6. The van der Waals surface area contributed by atoms with Crippen molar-refractivity contribution in [2.45, 2.75) is 5.03 Å². The van der Waals surface area contributed by atoms with Gasteiger partial charge in [-0.15, -0.1) is 0 Å². The molecule has 0 spiro atoms. The fraction of sp³-hybridized carbons (Fsp3) is 0. The number of benzene rings is 1. The maximum atomic E-state index is 11.6. The molecule has 0 aliphatic rings. The minimum absolute atomic E-state index is 0.0612. The summed E-state index contributed by atoms with van der Waals surface area (Å²) in [6.45, 7) is 3.17. The second-order valence-electron chi connectivity index (χ2n) is 3.16. The van der Waals surface area contributed by atoms with Crippen LogP contribution in [0.15, 0.2) is 52.0 Å². The molecule has 2 aromatic rings. The van der Waals surface area contributed by atoms with Crippen molar-refractivity contribution >= 4 is 9.84 Å². The molecule has 0 N–H and O–H groups in total. The van der Waals surface area contributed by atoms with Crippen molar-refractivity contribution < 1.29 is 17.9 Å². The van der Waals surface area contributed by atoms with E-state index in [0.29, 0.717) is 5.56 Å². The Balaban J connectivity index is 2.71. The number of hydrogen-bond donors (Lipinski definition) is 0. The largest absolute Gasteiger partial charge is 0.359 e. The van der Waals surface area contributed by atoms with E-state index in [-0.39, 0.29) is 10.6 Å². The number of nitrogens with zero attached hydrogens (tertiary/aromatic N) is 2. The molecule has 1 aromatic carbocycles. The van der Waals surface area contributed by atoms with Gasteiger partial charge in [0.25, 0.3) is 0 Å². The molecule has 1 heterocycles. The van der Waals surface area contributed by atoms with Crippen molar-refractivity contribution in [3.63, 3.8) is 0 Å². The summed E-state index contributed by atoms with van der Waals surface area (Å²) in [7, 11) is -3.82. The van der Waals surface area contributed by atoms with Crippen molar-refractivity contribution in [2.75, 3.05) is 0 Å². The van der Waals surface area contributed by atoms with E-state index in [1.165, 1.54) is 0 Å². The fourth-order valence-electron chi connectivity index (χ4n) is 1.33. The molecule has 0 fully saturated rings. The SMILES string of the molecule is C=CS(=O)(=O)c1no[n+]([O-])c1-c1ccccc1. The van der Waals surface area contributed by atoms with Crippen LogP contribution in [0.5, 0.6) is 0 Å². The quantitative estimate of drug-likeness (QED) is 0.757. The summed E-state index contributed by atoms with van der Waals surface area (Å²) in [5.41, 5.74) is 0.259. The van der Waals surface area contributed by atoms with Crippen LogP contribution in [0.25, 0.3) is 11.3 Å². The van der Waals surface area contributed by atoms with E-state index < -0.39 is 14.9 Å². The van der Waals surface area contributed by atoms with E-state index in [2.05, 4.69) is 16.4 Å². The van der Waals surface area contributed by atoms with Crippen molar-refractivity contribution in [1.29, 1.82) is 0 Å². The number of sulfone groups is 1. The summed E-state index contributed by atoms with van der Waals surface area (Å²) in [6, 6.07) is 8.26. The first-order valence-electron chi connectivity index (χ1n) is 4.59. The summed E-state index contributed by atoms with van der Waals surface area (Å²) >= 11 is 0. The molecule has 2 rings (SSSR count). The van der Waals surface area contributed by atoms with E-state index in [4.69, 9.17) is 0 Å². The van der Waals surface area contributed by atoms with Gasteiger partial charge < -0.3 is 5.21 Å². The summed E-state index contributed by atoms with van der Waals surface area (Å²) in [5, 5.41) is 14.9. The first kappa shape index (κ1) is 11.3. The number of hydrogen-bond acceptors (Lipinski definition) is 5. The van der Waals surface area contributed by atoms with Crippen LogP contribution in [0, 0.1) is 5.21 Å². The maximum absolute atomic E-state index is 11.6. The molecular formula is C10H8N2O4S. The van der Waals surface area contributed by atoms with Gasteiger partial charge >= 0.3 is 5.03 Å². The molecule has 0 unspecified atom stereocenters. The Morgan fingerprint density at radius 3 is 2.59 bits per heavy atom. The van der Waals surface area contributed by atoms with Gasteiger partial charge in [-0.2, -0.15) is 0 Å². The minimum Gasteiger partial charge on any atom is -0.359 e. The second kappa shape index (κ2) is 4.02. The van der Waals surface area contributed by atoms with E-state index in [9.17, 15) is 13.6 Å². The van der Waals surface area contributed by atoms with Crippen molar-refractivity contribution in [1.82, 2.24) is 5.16 Å². The highest BCUT2D eigenvalue weighted by molar-refractivity contribution is 7.94. The third-order valence-electron chi connectivity index (χ3n) is 2.12. The minimum atomic E-state index is -3.82. The van der Waals surface area contributed by atoms with Crippen LogP contribution < -0.4 is 4.90 Å². The molecule has 0 amide bonds. The highest BCUT2D eigenvalue weighted by Crippen LogP contribution is 2.23. The second-order valence-corrected chi connectivity index (χ2v) is 4.97. The molecule has 17 heavy (non-hydrogen) atoms. The van der Waals surface area contributed by atoms with Crippen LogP contribution in [-0.4, -0.2) is 13.6 Å². The zero-order valence-corrected chi connectivity index (χ0v) is 9.42. The van der Waals surface area contributed by atoms with E-state index in [1.54, 1.807) is 30.3 Å². The fourth-order valence-corrected chi connectivity index (χ4v) is 2.08. The molecule has 88 valence electrons. The van der Waals surface area contributed by atoms with Crippen molar-refractivity contribution in [3.05, 3.63) is 47.5 Å². The van der Waals surface area contributed by atoms with Crippen molar-refractivity contribution in [2.24, 2.45) is 0 Å². The molecule has 7 heteroatoms. The van der Waals surface area contributed by atoms with E-state index in [1.807, 2.05) is 0 Å². The van der Waals surface area contributed by atoms with Gasteiger partial charge in [0.1, 0.15) is 0 Å². The predicted octanol–water partition coefficient (Wildman–Crippen LogP) is 0.892. The van der Waals surface area contributed by atoms with Gasteiger partial charge in [0, 0.05) is 11.0 Å². The normalized spacial score (nSPS) is 11.3. The Kier molecular flexibility index (Phi) is 2.68. The van der Waals surface area contributed by atoms with Crippen LogP contribution in [0.2, 0.25) is 0 Å². The maximum Gasteiger partial charge on any atom is 0.343 e. The smallest absolute Gasteiger partial charge is 0.343 e. The molecule has 0 aliphatic carbocycles. The number of rotatable bonds is 3. The highest BCUT2D eigenvalue weighted by Gasteiger charge is 2.30. The van der Waals surface area contributed by atoms with Gasteiger partial charge in [0.15, 0.2) is 0 Å². The van der Waals surface area contributed by atoms with Crippen LogP contribution in [0.1, 0.15) is 0 Å². The lowest BCUT2D eigenvalue weighted by Gasteiger charge is -1.97. The summed E-state index contributed by atoms with van der Waals surface area (Å²) in [5.74, 6) is 0. The lowest BCUT2D eigenvalue weighted by atomic mass is 10.2. The molecule has 1 aromatic heterocycles. The van der Waals surface area contributed by atoms with Crippen molar-refractivity contribution in [3.8, 4) is 11.3 Å². The predicted molar refractivity (Wildman–Crippen MR) is 58.3 cm³/mol. The van der Waals surface area contributed by atoms with Gasteiger partial charge in [-0.05, 0) is 4.90 Å². The Labute approximate surface area is 97.2 Å². The third-order valence-corrected chi connectivity index (χ3v) is 3.36. The van der Waals surface area contributed by atoms with E-state index >= 15 is 0 Å². The highest BCUT2D eigenvalue weighted by atomic mass is 32.2. The molecule has 0 saturated heterocycles. The Morgan fingerprint density at radius 1 is 1.35 bits per heavy atom. The van der Waals surface area contributed by atoms with Gasteiger partial charge in [-0.25, -0.2) is 8.42 Å². The Morgan fingerprint density at radius 2 is 2.00 bits per heavy atom. The van der Waals surface area contributed by atoms with Crippen LogP contribution in [0.4, 0.5) is 0 Å². The van der Waals surface area contributed by atoms with E-state index in [0.717, 1.165) is 5.41 Å². The average Bonchev–Trinajstić information content (AvgIpc) is 2.73. The Bertz CT molecular complexity index is 646. The number of aromatic nitrogens is 2. The Hall–Kier alpha value is -2.15. The van der Waals surface area contributed by atoms with Crippen LogP contribution >= 0.6 is 0 Å². The molecule has 0 radical (unpaired) electrons. The lowest BCUT2D eigenvalue weighted by Crippen LogP contribution is -2.25. The first-order chi connectivity index (χ1) is 8.06. The summed E-state index contributed by atoms with van der Waals surface area (Å²) in [4.78, 5) is 0.0612. The first-order valence-corrected chi connectivity index (χ1v) is 6.13. The van der Waals surface area contributed by atoms with Gasteiger partial charge in [0.05, 0.1) is 5.16 Å². The lowest BCUT2D eigenvalue weighted by molar-refractivity contribution is -0.793. The molecule has 6 nitrogen and oxygen atoms in total. The van der Waals surface area contributed by atoms with Gasteiger partial charge in [0.2, 0.25) is 15.5 Å². The molecule has 0 atom stereocenters. The average molecular weight is 252 g/mol.